The van der Waals surface area contributed by atoms with E-state index in [9.17, 15) is 4.79 Å². The van der Waals surface area contributed by atoms with Gasteiger partial charge in [0, 0.05) is 6.20 Å². The third-order valence-corrected chi connectivity index (χ3v) is 3.72. The number of hydrogen-bond donors (Lipinski definition) is 1. The van der Waals surface area contributed by atoms with Crippen molar-refractivity contribution in [2.75, 3.05) is 14.2 Å². The van der Waals surface area contributed by atoms with Crippen molar-refractivity contribution in [2.45, 2.75) is 13.0 Å². The molecule has 0 saturated carbocycles. The van der Waals surface area contributed by atoms with E-state index in [2.05, 4.69) is 15.5 Å². The number of para-hydroxylation sites is 1. The number of nitrogens with zero attached hydrogens (tertiary/aromatic N) is 3. The smallest absolute Gasteiger partial charge is 0.255 e. The number of pyridine rings is 1. The largest absolute Gasteiger partial charge is 0.493 e. The normalized spacial score (nSPS) is 12.0. The van der Waals surface area contributed by atoms with Gasteiger partial charge in [0.15, 0.2) is 23.0 Å². The second kappa shape index (κ2) is 6.57. The van der Waals surface area contributed by atoms with Gasteiger partial charge in [0.25, 0.3) is 5.91 Å². The summed E-state index contributed by atoms with van der Waals surface area (Å²) in [7, 11) is 3.04. The number of amides is 1. The maximum Gasteiger partial charge on any atom is 0.255 e. The van der Waals surface area contributed by atoms with Crippen LogP contribution in [-0.2, 0) is 0 Å². The molecule has 124 valence electrons. The Kier molecular flexibility index (Phi) is 4.33. The summed E-state index contributed by atoms with van der Waals surface area (Å²) in [5.41, 5.74) is 1.13. The summed E-state index contributed by atoms with van der Waals surface area (Å²) in [6.45, 7) is 1.86. The number of ether oxygens (including phenoxy) is 2. The van der Waals surface area contributed by atoms with E-state index in [1.165, 1.54) is 14.2 Å². The fourth-order valence-electron chi connectivity index (χ4n) is 2.56. The molecule has 0 saturated heterocycles. The molecule has 0 aliphatic rings. The Morgan fingerprint density at radius 2 is 1.96 bits per heavy atom. The molecule has 2 aromatic heterocycles. The van der Waals surface area contributed by atoms with Crippen LogP contribution in [0.5, 0.6) is 11.5 Å². The lowest BCUT2D eigenvalue weighted by Gasteiger charge is -2.15. The molecule has 7 heteroatoms. The van der Waals surface area contributed by atoms with Crippen molar-refractivity contribution in [3.05, 3.63) is 54.0 Å². The average molecular weight is 326 g/mol. The molecule has 0 radical (unpaired) electrons. The Bertz CT molecular complexity index is 875. The lowest BCUT2D eigenvalue weighted by Crippen LogP contribution is -2.28. The van der Waals surface area contributed by atoms with Gasteiger partial charge in [0.1, 0.15) is 0 Å². The quantitative estimate of drug-likeness (QED) is 0.778. The number of fused-ring (bicyclic) bond motifs is 1. The number of hydrogen-bond acceptors (Lipinski definition) is 5. The van der Waals surface area contributed by atoms with Gasteiger partial charge in [-0.15, -0.1) is 10.2 Å². The number of methoxy groups -OCH3 is 2. The molecule has 24 heavy (non-hydrogen) atoms. The third kappa shape index (κ3) is 2.76. The average Bonchev–Trinajstić information content (AvgIpc) is 3.05. The van der Waals surface area contributed by atoms with Crippen LogP contribution in [0.2, 0.25) is 0 Å². The van der Waals surface area contributed by atoms with Gasteiger partial charge < -0.3 is 14.8 Å². The minimum Gasteiger partial charge on any atom is -0.493 e. The van der Waals surface area contributed by atoms with E-state index in [1.807, 2.05) is 35.7 Å². The van der Waals surface area contributed by atoms with Crippen LogP contribution >= 0.6 is 0 Å². The first-order valence-corrected chi connectivity index (χ1v) is 7.47. The van der Waals surface area contributed by atoms with Crippen molar-refractivity contribution in [2.24, 2.45) is 0 Å². The number of carbonyl (C=O) groups is 1. The third-order valence-electron chi connectivity index (χ3n) is 3.72. The highest BCUT2D eigenvalue weighted by molar-refractivity contribution is 5.98. The second-order valence-corrected chi connectivity index (χ2v) is 5.22. The number of carbonyl (C=O) groups excluding carboxylic acids is 1. The highest BCUT2D eigenvalue weighted by Crippen LogP contribution is 2.30. The van der Waals surface area contributed by atoms with Crippen LogP contribution in [0.4, 0.5) is 0 Å². The molecule has 0 aliphatic carbocycles. The molecule has 3 aromatic rings. The molecule has 1 amide bonds. The van der Waals surface area contributed by atoms with Gasteiger partial charge in [-0.3, -0.25) is 9.20 Å². The lowest BCUT2D eigenvalue weighted by molar-refractivity contribution is 0.0934. The molecule has 1 atom stereocenters. The molecule has 0 bridgehead atoms. The molecule has 2 heterocycles. The first kappa shape index (κ1) is 15.8. The standard InChI is InChI=1S/C17H18N4O3/c1-11(16-20-19-14-9-4-5-10-21(14)16)18-17(22)12-7-6-8-13(23-2)15(12)24-3/h4-11H,1-3H3,(H,18,22). The molecule has 3 rings (SSSR count). The first-order valence-electron chi connectivity index (χ1n) is 7.47. The van der Waals surface area contributed by atoms with E-state index in [-0.39, 0.29) is 11.9 Å². The van der Waals surface area contributed by atoms with Gasteiger partial charge in [-0.2, -0.15) is 0 Å². The number of benzene rings is 1. The molecular weight excluding hydrogens is 308 g/mol. The Morgan fingerprint density at radius 3 is 2.71 bits per heavy atom. The number of nitrogens with one attached hydrogen (secondary N) is 1. The minimum absolute atomic E-state index is 0.272. The molecule has 1 aromatic carbocycles. The van der Waals surface area contributed by atoms with Crippen LogP contribution in [-0.4, -0.2) is 34.7 Å². The summed E-state index contributed by atoms with van der Waals surface area (Å²) in [5.74, 6) is 1.29. The highest BCUT2D eigenvalue weighted by Gasteiger charge is 2.20. The van der Waals surface area contributed by atoms with Crippen molar-refractivity contribution in [3.63, 3.8) is 0 Å². The number of rotatable bonds is 5. The van der Waals surface area contributed by atoms with Crippen LogP contribution in [0, 0.1) is 0 Å². The Balaban J connectivity index is 1.87. The monoisotopic (exact) mass is 326 g/mol. The summed E-state index contributed by atoms with van der Waals surface area (Å²) >= 11 is 0. The zero-order valence-electron chi connectivity index (χ0n) is 13.7. The summed E-state index contributed by atoms with van der Waals surface area (Å²) in [5, 5.41) is 11.2. The van der Waals surface area contributed by atoms with Crippen molar-refractivity contribution < 1.29 is 14.3 Å². The Morgan fingerprint density at radius 1 is 1.12 bits per heavy atom. The Labute approximate surface area is 139 Å². The zero-order chi connectivity index (χ0) is 17.1. The molecular formula is C17H18N4O3. The zero-order valence-corrected chi connectivity index (χ0v) is 13.7. The summed E-state index contributed by atoms with van der Waals surface area (Å²) in [4.78, 5) is 12.6. The Hall–Kier alpha value is -3.09. The molecule has 1 unspecified atom stereocenters. The lowest BCUT2D eigenvalue weighted by atomic mass is 10.1. The summed E-state index contributed by atoms with van der Waals surface area (Å²) < 4.78 is 12.4. The van der Waals surface area contributed by atoms with Gasteiger partial charge in [0.2, 0.25) is 0 Å². The van der Waals surface area contributed by atoms with Gasteiger partial charge in [-0.05, 0) is 31.2 Å². The summed E-state index contributed by atoms with van der Waals surface area (Å²) in [6, 6.07) is 10.5. The van der Waals surface area contributed by atoms with Crippen LogP contribution in [0.15, 0.2) is 42.6 Å². The predicted molar refractivity (Wildman–Crippen MR) is 88.4 cm³/mol. The van der Waals surface area contributed by atoms with Crippen molar-refractivity contribution in [1.82, 2.24) is 19.9 Å². The molecule has 1 N–H and O–H groups in total. The molecule has 0 fully saturated rings. The van der Waals surface area contributed by atoms with Crippen molar-refractivity contribution >= 4 is 11.6 Å². The van der Waals surface area contributed by atoms with Gasteiger partial charge >= 0.3 is 0 Å². The van der Waals surface area contributed by atoms with Gasteiger partial charge in [-0.1, -0.05) is 12.1 Å². The van der Waals surface area contributed by atoms with Crippen LogP contribution in [0.3, 0.4) is 0 Å². The highest BCUT2D eigenvalue weighted by atomic mass is 16.5. The number of aromatic nitrogens is 3. The van der Waals surface area contributed by atoms with E-state index in [0.29, 0.717) is 22.9 Å². The maximum atomic E-state index is 12.6. The van der Waals surface area contributed by atoms with E-state index >= 15 is 0 Å². The fraction of sp³-hybridized carbons (Fsp3) is 0.235. The van der Waals surface area contributed by atoms with Crippen LogP contribution < -0.4 is 14.8 Å². The van der Waals surface area contributed by atoms with E-state index in [4.69, 9.17) is 9.47 Å². The second-order valence-electron chi connectivity index (χ2n) is 5.22. The van der Waals surface area contributed by atoms with E-state index < -0.39 is 0 Å². The first-order chi connectivity index (χ1) is 11.7. The van der Waals surface area contributed by atoms with Crippen molar-refractivity contribution in [1.29, 1.82) is 0 Å². The topological polar surface area (TPSA) is 77.8 Å². The van der Waals surface area contributed by atoms with E-state index in [0.717, 1.165) is 5.65 Å². The molecule has 0 spiro atoms. The van der Waals surface area contributed by atoms with E-state index in [1.54, 1.807) is 18.2 Å². The summed E-state index contributed by atoms with van der Waals surface area (Å²) in [6.07, 6.45) is 1.86. The maximum absolute atomic E-state index is 12.6. The molecule has 7 nitrogen and oxygen atoms in total. The van der Waals surface area contributed by atoms with Gasteiger partial charge in [0.05, 0.1) is 25.8 Å². The SMILES string of the molecule is COc1cccc(C(=O)NC(C)c2nnc3ccccn23)c1OC. The molecule has 0 aliphatic heterocycles. The van der Waals surface area contributed by atoms with Crippen LogP contribution in [0.25, 0.3) is 5.65 Å². The van der Waals surface area contributed by atoms with Crippen LogP contribution in [0.1, 0.15) is 29.1 Å². The minimum atomic E-state index is -0.328. The fourth-order valence-corrected chi connectivity index (χ4v) is 2.56. The predicted octanol–water partition coefficient (Wildman–Crippen LogP) is 2.24. The van der Waals surface area contributed by atoms with Gasteiger partial charge in [-0.25, -0.2) is 0 Å². The van der Waals surface area contributed by atoms with Crippen molar-refractivity contribution in [3.8, 4) is 11.5 Å².